The number of nitrogens with zero attached hydrogens (tertiary/aromatic N) is 2. The van der Waals surface area contributed by atoms with Gasteiger partial charge in [0, 0.05) is 31.2 Å². The summed E-state index contributed by atoms with van der Waals surface area (Å²) in [7, 11) is 1.93. The lowest BCUT2D eigenvalue weighted by molar-refractivity contribution is -0.124. The van der Waals surface area contributed by atoms with E-state index in [1.807, 2.05) is 62.8 Å². The van der Waals surface area contributed by atoms with Crippen molar-refractivity contribution in [3.05, 3.63) is 52.8 Å². The number of benzene rings is 1. The van der Waals surface area contributed by atoms with Gasteiger partial charge in [0.15, 0.2) is 0 Å². The van der Waals surface area contributed by atoms with Gasteiger partial charge in [0.05, 0.1) is 5.69 Å². The summed E-state index contributed by atoms with van der Waals surface area (Å²) in [5, 5.41) is 7.36. The molecular formula is C18H26N4O. The number of hydrogen-bond acceptors (Lipinski definition) is 3. The molecule has 1 heterocycles. The summed E-state index contributed by atoms with van der Waals surface area (Å²) in [5.41, 5.74) is 10.4. The van der Waals surface area contributed by atoms with Crippen LogP contribution >= 0.6 is 0 Å². The Morgan fingerprint density at radius 2 is 1.96 bits per heavy atom. The second kappa shape index (κ2) is 7.42. The normalized spacial score (nSPS) is 13.6. The summed E-state index contributed by atoms with van der Waals surface area (Å²) in [6.45, 7) is 6.40. The minimum atomic E-state index is -0.186. The molecule has 1 aromatic carbocycles. The van der Waals surface area contributed by atoms with Crippen LogP contribution < -0.4 is 11.1 Å². The van der Waals surface area contributed by atoms with Crippen molar-refractivity contribution >= 4 is 5.91 Å². The van der Waals surface area contributed by atoms with E-state index in [-0.39, 0.29) is 17.9 Å². The van der Waals surface area contributed by atoms with Crippen LogP contribution in [0.3, 0.4) is 0 Å². The first kappa shape index (κ1) is 17.2. The van der Waals surface area contributed by atoms with Gasteiger partial charge in [-0.05, 0) is 31.4 Å². The van der Waals surface area contributed by atoms with Crippen molar-refractivity contribution in [1.29, 1.82) is 0 Å². The lowest BCUT2D eigenvalue weighted by Crippen LogP contribution is -2.36. The van der Waals surface area contributed by atoms with Crippen LogP contribution in [0.15, 0.2) is 30.3 Å². The number of aryl methyl sites for hydroxylation is 2. The standard InChI is InChI=1S/C18H26N4O/c1-12(10-16-13(2)21-22(4)14(16)3)18(23)20-11-17(19)15-8-6-5-7-9-15/h5-9,12,17H,10-11,19H2,1-4H3,(H,20,23). The molecule has 2 rings (SSSR count). The zero-order valence-electron chi connectivity index (χ0n) is 14.3. The highest BCUT2D eigenvalue weighted by atomic mass is 16.1. The van der Waals surface area contributed by atoms with Crippen LogP contribution in [0.5, 0.6) is 0 Å². The number of carbonyl (C=O) groups is 1. The van der Waals surface area contributed by atoms with Crippen LogP contribution in [0.4, 0.5) is 0 Å². The smallest absolute Gasteiger partial charge is 0.223 e. The van der Waals surface area contributed by atoms with Crippen molar-refractivity contribution in [1.82, 2.24) is 15.1 Å². The van der Waals surface area contributed by atoms with Crippen LogP contribution in [0, 0.1) is 19.8 Å². The summed E-state index contributed by atoms with van der Waals surface area (Å²) >= 11 is 0. The molecule has 0 saturated heterocycles. The third-order valence-corrected chi connectivity index (χ3v) is 4.34. The molecule has 0 radical (unpaired) electrons. The van der Waals surface area contributed by atoms with Gasteiger partial charge in [-0.1, -0.05) is 37.3 Å². The molecule has 3 N–H and O–H groups in total. The first-order valence-electron chi connectivity index (χ1n) is 7.97. The Labute approximate surface area is 137 Å². The van der Waals surface area contributed by atoms with Crippen molar-refractivity contribution in [3.8, 4) is 0 Å². The SMILES string of the molecule is Cc1nn(C)c(C)c1CC(C)C(=O)NCC(N)c1ccccc1. The van der Waals surface area contributed by atoms with Gasteiger partial charge < -0.3 is 11.1 Å². The predicted octanol–water partition coefficient (Wildman–Crippen LogP) is 2.03. The topological polar surface area (TPSA) is 72.9 Å². The lowest BCUT2D eigenvalue weighted by Gasteiger charge is -2.16. The molecular weight excluding hydrogens is 288 g/mol. The van der Waals surface area contributed by atoms with Crippen molar-refractivity contribution in [2.24, 2.45) is 18.7 Å². The largest absolute Gasteiger partial charge is 0.354 e. The van der Waals surface area contributed by atoms with Crippen molar-refractivity contribution < 1.29 is 4.79 Å². The van der Waals surface area contributed by atoms with E-state index >= 15 is 0 Å². The zero-order valence-corrected chi connectivity index (χ0v) is 14.3. The summed E-state index contributed by atoms with van der Waals surface area (Å²) in [6.07, 6.45) is 0.692. The van der Waals surface area contributed by atoms with Gasteiger partial charge in [-0.15, -0.1) is 0 Å². The molecule has 5 nitrogen and oxygen atoms in total. The van der Waals surface area contributed by atoms with Gasteiger partial charge in [-0.2, -0.15) is 5.10 Å². The first-order valence-corrected chi connectivity index (χ1v) is 7.97. The summed E-state index contributed by atoms with van der Waals surface area (Å²) in [6, 6.07) is 9.62. The molecule has 1 amide bonds. The summed E-state index contributed by atoms with van der Waals surface area (Å²) < 4.78 is 1.86. The second-order valence-corrected chi connectivity index (χ2v) is 6.14. The molecule has 0 aliphatic carbocycles. The Bertz CT molecular complexity index is 663. The Morgan fingerprint density at radius 1 is 1.30 bits per heavy atom. The highest BCUT2D eigenvalue weighted by Crippen LogP contribution is 2.17. The lowest BCUT2D eigenvalue weighted by atomic mass is 9.98. The van der Waals surface area contributed by atoms with Crippen molar-refractivity contribution in [3.63, 3.8) is 0 Å². The van der Waals surface area contributed by atoms with Gasteiger partial charge in [0.2, 0.25) is 5.91 Å². The van der Waals surface area contributed by atoms with Crippen molar-refractivity contribution in [2.75, 3.05) is 6.54 Å². The number of rotatable bonds is 6. The Hall–Kier alpha value is -2.14. The number of aromatic nitrogens is 2. The van der Waals surface area contributed by atoms with Crippen LogP contribution in [0.25, 0.3) is 0 Å². The van der Waals surface area contributed by atoms with Crippen LogP contribution in [0.1, 0.15) is 35.5 Å². The van der Waals surface area contributed by atoms with E-state index in [1.54, 1.807) is 0 Å². The number of nitrogens with two attached hydrogens (primary N) is 1. The minimum absolute atomic E-state index is 0.0269. The molecule has 0 bridgehead atoms. The maximum atomic E-state index is 12.3. The predicted molar refractivity (Wildman–Crippen MR) is 91.9 cm³/mol. The molecule has 0 aliphatic heterocycles. The van der Waals surface area contributed by atoms with Crippen LogP contribution in [0.2, 0.25) is 0 Å². The van der Waals surface area contributed by atoms with Gasteiger partial charge in [-0.3, -0.25) is 9.48 Å². The van der Waals surface area contributed by atoms with Gasteiger partial charge in [-0.25, -0.2) is 0 Å². The molecule has 0 spiro atoms. The van der Waals surface area contributed by atoms with Gasteiger partial charge >= 0.3 is 0 Å². The average Bonchev–Trinajstić information content (AvgIpc) is 2.79. The van der Waals surface area contributed by atoms with E-state index in [2.05, 4.69) is 10.4 Å². The average molecular weight is 314 g/mol. The zero-order chi connectivity index (χ0) is 17.0. The van der Waals surface area contributed by atoms with Crippen molar-refractivity contribution in [2.45, 2.75) is 33.2 Å². The Morgan fingerprint density at radius 3 is 2.52 bits per heavy atom. The van der Waals surface area contributed by atoms with E-state index in [0.29, 0.717) is 13.0 Å². The quantitative estimate of drug-likeness (QED) is 0.857. The fraction of sp³-hybridized carbons (Fsp3) is 0.444. The third kappa shape index (κ3) is 4.20. The van der Waals surface area contributed by atoms with Crippen LogP contribution in [-0.2, 0) is 18.3 Å². The maximum absolute atomic E-state index is 12.3. The molecule has 23 heavy (non-hydrogen) atoms. The number of hydrogen-bond donors (Lipinski definition) is 2. The fourth-order valence-electron chi connectivity index (χ4n) is 2.71. The second-order valence-electron chi connectivity index (χ2n) is 6.14. The molecule has 2 unspecified atom stereocenters. The highest BCUT2D eigenvalue weighted by Gasteiger charge is 2.19. The molecule has 0 aliphatic rings. The molecule has 2 aromatic rings. The molecule has 124 valence electrons. The third-order valence-electron chi connectivity index (χ3n) is 4.34. The number of amides is 1. The van der Waals surface area contributed by atoms with E-state index in [9.17, 15) is 4.79 Å². The van der Waals surface area contributed by atoms with Crippen LogP contribution in [-0.4, -0.2) is 22.2 Å². The fourth-order valence-corrected chi connectivity index (χ4v) is 2.71. The van der Waals surface area contributed by atoms with E-state index in [1.165, 1.54) is 0 Å². The van der Waals surface area contributed by atoms with E-state index < -0.39 is 0 Å². The molecule has 0 saturated carbocycles. The molecule has 0 fully saturated rings. The van der Waals surface area contributed by atoms with Gasteiger partial charge in [0.1, 0.15) is 0 Å². The summed E-state index contributed by atoms with van der Waals surface area (Å²) in [4.78, 5) is 12.3. The monoisotopic (exact) mass is 314 g/mol. The van der Waals surface area contributed by atoms with E-state index in [4.69, 9.17) is 5.73 Å². The minimum Gasteiger partial charge on any atom is -0.354 e. The molecule has 2 atom stereocenters. The molecule has 5 heteroatoms. The number of carbonyl (C=O) groups excluding carboxylic acids is 1. The highest BCUT2D eigenvalue weighted by molar-refractivity contribution is 5.78. The first-order chi connectivity index (χ1) is 10.9. The Balaban J connectivity index is 1.90. The number of nitrogens with one attached hydrogen (secondary N) is 1. The Kier molecular flexibility index (Phi) is 5.55. The van der Waals surface area contributed by atoms with E-state index in [0.717, 1.165) is 22.5 Å². The summed E-state index contributed by atoms with van der Waals surface area (Å²) in [5.74, 6) is -0.0846. The maximum Gasteiger partial charge on any atom is 0.223 e. The van der Waals surface area contributed by atoms with Gasteiger partial charge in [0.25, 0.3) is 0 Å². The molecule has 1 aromatic heterocycles.